The molecule has 5 heteroatoms. The molecule has 2 rings (SSSR count). The van der Waals surface area contributed by atoms with E-state index in [1.54, 1.807) is 4.52 Å². The SMILES string of the molecule is CCCNCc1cnc2nc(CC)nn2c1. The Morgan fingerprint density at radius 2 is 2.25 bits per heavy atom. The molecule has 2 aromatic heterocycles. The summed E-state index contributed by atoms with van der Waals surface area (Å²) in [5, 5.41) is 7.67. The zero-order valence-corrected chi connectivity index (χ0v) is 9.77. The van der Waals surface area contributed by atoms with E-state index in [1.165, 1.54) is 0 Å². The molecule has 0 unspecified atom stereocenters. The number of hydrogen-bond donors (Lipinski definition) is 1. The zero-order chi connectivity index (χ0) is 11.4. The van der Waals surface area contributed by atoms with Crippen LogP contribution in [0.5, 0.6) is 0 Å². The Bertz CT molecular complexity index is 462. The molecule has 1 N–H and O–H groups in total. The molecule has 0 atom stereocenters. The van der Waals surface area contributed by atoms with Gasteiger partial charge in [0.15, 0.2) is 5.82 Å². The number of nitrogens with one attached hydrogen (secondary N) is 1. The Kier molecular flexibility index (Phi) is 3.46. The molecular formula is C11H17N5. The van der Waals surface area contributed by atoms with Crippen LogP contribution in [0.15, 0.2) is 12.4 Å². The van der Waals surface area contributed by atoms with Gasteiger partial charge >= 0.3 is 0 Å². The van der Waals surface area contributed by atoms with Crippen LogP contribution in [0.1, 0.15) is 31.7 Å². The van der Waals surface area contributed by atoms with Crippen molar-refractivity contribution in [3.8, 4) is 0 Å². The van der Waals surface area contributed by atoms with Gasteiger partial charge in [0.2, 0.25) is 0 Å². The first kappa shape index (κ1) is 11.0. The van der Waals surface area contributed by atoms with Crippen LogP contribution in [0.3, 0.4) is 0 Å². The summed E-state index contributed by atoms with van der Waals surface area (Å²) < 4.78 is 1.75. The highest BCUT2D eigenvalue weighted by molar-refractivity contribution is 5.27. The number of aryl methyl sites for hydroxylation is 1. The van der Waals surface area contributed by atoms with Crippen molar-refractivity contribution < 1.29 is 0 Å². The van der Waals surface area contributed by atoms with E-state index in [2.05, 4.69) is 27.3 Å². The Morgan fingerprint density at radius 3 is 3.00 bits per heavy atom. The lowest BCUT2D eigenvalue weighted by atomic mass is 10.3. The molecule has 0 spiro atoms. The van der Waals surface area contributed by atoms with E-state index in [9.17, 15) is 0 Å². The van der Waals surface area contributed by atoms with Crippen LogP contribution in [0, 0.1) is 0 Å². The lowest BCUT2D eigenvalue weighted by Gasteiger charge is -2.02. The smallest absolute Gasteiger partial charge is 0.252 e. The molecule has 2 heterocycles. The van der Waals surface area contributed by atoms with E-state index in [0.717, 1.165) is 37.3 Å². The van der Waals surface area contributed by atoms with Crippen LogP contribution in [-0.4, -0.2) is 26.1 Å². The molecular weight excluding hydrogens is 202 g/mol. The topological polar surface area (TPSA) is 55.1 Å². The summed E-state index contributed by atoms with van der Waals surface area (Å²) in [6.45, 7) is 6.05. The number of hydrogen-bond acceptors (Lipinski definition) is 4. The zero-order valence-electron chi connectivity index (χ0n) is 9.77. The Morgan fingerprint density at radius 1 is 1.38 bits per heavy atom. The van der Waals surface area contributed by atoms with Crippen molar-refractivity contribution in [2.24, 2.45) is 0 Å². The maximum absolute atomic E-state index is 4.34. The third kappa shape index (κ3) is 2.36. The minimum Gasteiger partial charge on any atom is -0.313 e. The Balaban J connectivity index is 2.15. The van der Waals surface area contributed by atoms with Crippen molar-refractivity contribution in [3.05, 3.63) is 23.8 Å². The van der Waals surface area contributed by atoms with Crippen LogP contribution in [-0.2, 0) is 13.0 Å². The van der Waals surface area contributed by atoms with Gasteiger partial charge in [-0.05, 0) is 13.0 Å². The van der Waals surface area contributed by atoms with E-state index in [-0.39, 0.29) is 0 Å². The lowest BCUT2D eigenvalue weighted by molar-refractivity contribution is 0.669. The number of aromatic nitrogens is 4. The largest absolute Gasteiger partial charge is 0.313 e. The van der Waals surface area contributed by atoms with Gasteiger partial charge in [0.05, 0.1) is 0 Å². The fraction of sp³-hybridized carbons (Fsp3) is 0.545. The minimum absolute atomic E-state index is 0.677. The Labute approximate surface area is 94.9 Å². The molecule has 5 nitrogen and oxygen atoms in total. The van der Waals surface area contributed by atoms with Gasteiger partial charge in [0.25, 0.3) is 5.78 Å². The molecule has 0 fully saturated rings. The first-order valence-corrected chi connectivity index (χ1v) is 5.74. The summed E-state index contributed by atoms with van der Waals surface area (Å²) in [5.74, 6) is 1.52. The summed E-state index contributed by atoms with van der Waals surface area (Å²) >= 11 is 0. The molecule has 86 valence electrons. The molecule has 16 heavy (non-hydrogen) atoms. The number of nitrogens with zero attached hydrogens (tertiary/aromatic N) is 4. The molecule has 0 aliphatic heterocycles. The maximum Gasteiger partial charge on any atom is 0.252 e. The maximum atomic E-state index is 4.34. The summed E-state index contributed by atoms with van der Waals surface area (Å²) in [6.07, 6.45) is 5.81. The van der Waals surface area contributed by atoms with Crippen molar-refractivity contribution >= 4 is 5.78 Å². The summed E-state index contributed by atoms with van der Waals surface area (Å²) in [5.41, 5.74) is 1.13. The van der Waals surface area contributed by atoms with Crippen LogP contribution in [0.25, 0.3) is 5.78 Å². The van der Waals surface area contributed by atoms with Gasteiger partial charge in [-0.15, -0.1) is 5.10 Å². The van der Waals surface area contributed by atoms with E-state index < -0.39 is 0 Å². The second kappa shape index (κ2) is 5.03. The summed E-state index contributed by atoms with van der Waals surface area (Å²) in [4.78, 5) is 8.57. The molecule has 2 aromatic rings. The molecule has 0 amide bonds. The number of fused-ring (bicyclic) bond motifs is 1. The molecule has 0 saturated heterocycles. The molecule has 0 aromatic carbocycles. The van der Waals surface area contributed by atoms with Gasteiger partial charge in [-0.1, -0.05) is 13.8 Å². The van der Waals surface area contributed by atoms with Crippen molar-refractivity contribution in [1.82, 2.24) is 24.9 Å². The van der Waals surface area contributed by atoms with Gasteiger partial charge in [0, 0.05) is 30.9 Å². The van der Waals surface area contributed by atoms with E-state index in [1.807, 2.05) is 19.3 Å². The van der Waals surface area contributed by atoms with Crippen LogP contribution in [0.4, 0.5) is 0 Å². The highest BCUT2D eigenvalue weighted by Gasteiger charge is 2.03. The van der Waals surface area contributed by atoms with Crippen LogP contribution in [0.2, 0.25) is 0 Å². The Hall–Kier alpha value is -1.49. The van der Waals surface area contributed by atoms with Gasteiger partial charge in [-0.3, -0.25) is 0 Å². The predicted octanol–water partition coefficient (Wildman–Crippen LogP) is 1.19. The molecule has 0 bridgehead atoms. The standard InChI is InChI=1S/C11H17N5/c1-3-5-12-6-9-7-13-11-14-10(4-2)15-16(11)8-9/h7-8,12H,3-6H2,1-2H3. The second-order valence-corrected chi connectivity index (χ2v) is 3.77. The third-order valence-corrected chi connectivity index (χ3v) is 2.36. The average Bonchev–Trinajstić information content (AvgIpc) is 2.71. The second-order valence-electron chi connectivity index (χ2n) is 3.77. The van der Waals surface area contributed by atoms with Gasteiger partial charge < -0.3 is 5.32 Å². The summed E-state index contributed by atoms with van der Waals surface area (Å²) in [6, 6.07) is 0. The van der Waals surface area contributed by atoms with Gasteiger partial charge in [-0.2, -0.15) is 4.98 Å². The van der Waals surface area contributed by atoms with Gasteiger partial charge in [-0.25, -0.2) is 9.50 Å². The van der Waals surface area contributed by atoms with Crippen molar-refractivity contribution in [2.75, 3.05) is 6.54 Å². The first-order valence-electron chi connectivity index (χ1n) is 5.74. The molecule has 0 aliphatic rings. The van der Waals surface area contributed by atoms with Gasteiger partial charge in [0.1, 0.15) is 0 Å². The molecule has 0 saturated carbocycles. The highest BCUT2D eigenvalue weighted by atomic mass is 15.3. The van der Waals surface area contributed by atoms with Crippen LogP contribution >= 0.6 is 0 Å². The van der Waals surface area contributed by atoms with E-state index in [0.29, 0.717) is 5.78 Å². The van der Waals surface area contributed by atoms with Crippen molar-refractivity contribution in [2.45, 2.75) is 33.2 Å². The monoisotopic (exact) mass is 219 g/mol. The quantitative estimate of drug-likeness (QED) is 0.767. The normalized spacial score (nSPS) is 11.1. The van der Waals surface area contributed by atoms with Crippen molar-refractivity contribution in [3.63, 3.8) is 0 Å². The lowest BCUT2D eigenvalue weighted by Crippen LogP contribution is -2.14. The predicted molar refractivity (Wildman–Crippen MR) is 62.2 cm³/mol. The van der Waals surface area contributed by atoms with E-state index >= 15 is 0 Å². The minimum atomic E-state index is 0.677. The fourth-order valence-corrected chi connectivity index (χ4v) is 1.51. The fourth-order valence-electron chi connectivity index (χ4n) is 1.51. The van der Waals surface area contributed by atoms with E-state index in [4.69, 9.17) is 0 Å². The third-order valence-electron chi connectivity index (χ3n) is 2.36. The summed E-state index contributed by atoms with van der Waals surface area (Å²) in [7, 11) is 0. The number of rotatable bonds is 5. The van der Waals surface area contributed by atoms with Crippen molar-refractivity contribution in [1.29, 1.82) is 0 Å². The molecule has 0 aliphatic carbocycles. The first-order chi connectivity index (χ1) is 7.83. The average molecular weight is 219 g/mol. The highest BCUT2D eigenvalue weighted by Crippen LogP contribution is 2.01. The molecule has 0 radical (unpaired) electrons. The van der Waals surface area contributed by atoms with Crippen LogP contribution < -0.4 is 5.32 Å².